The first-order valence-electron chi connectivity index (χ1n) is 11.7. The van der Waals surface area contributed by atoms with Crippen LogP contribution in [0.5, 0.6) is 0 Å². The molecule has 25 heavy (non-hydrogen) atoms. The summed E-state index contributed by atoms with van der Waals surface area (Å²) >= 11 is 0. The fourth-order valence-electron chi connectivity index (χ4n) is 4.68. The lowest BCUT2D eigenvalue weighted by atomic mass is 9.67. The first-order chi connectivity index (χ1) is 12.0. The Hall–Kier alpha value is -0.0400. The van der Waals surface area contributed by atoms with E-state index in [2.05, 4.69) is 27.7 Å². The summed E-state index contributed by atoms with van der Waals surface area (Å²) in [7, 11) is 0. The van der Waals surface area contributed by atoms with Crippen molar-refractivity contribution < 1.29 is 5.11 Å². The smallest absolute Gasteiger partial charge is 0.0648 e. The van der Waals surface area contributed by atoms with Crippen LogP contribution in [-0.4, -0.2) is 10.7 Å². The van der Waals surface area contributed by atoms with E-state index in [1.54, 1.807) is 0 Å². The average Bonchev–Trinajstić information content (AvgIpc) is 2.56. The molecule has 1 aliphatic rings. The van der Waals surface area contributed by atoms with Crippen LogP contribution in [0.25, 0.3) is 0 Å². The van der Waals surface area contributed by atoms with E-state index in [0.717, 1.165) is 18.3 Å². The minimum absolute atomic E-state index is 0.400. The van der Waals surface area contributed by atoms with Gasteiger partial charge in [0.05, 0.1) is 5.60 Å². The van der Waals surface area contributed by atoms with Crippen LogP contribution < -0.4 is 0 Å². The highest BCUT2D eigenvalue weighted by atomic mass is 16.3. The van der Waals surface area contributed by atoms with E-state index < -0.39 is 5.60 Å². The Kier molecular flexibility index (Phi) is 12.1. The number of aliphatic hydroxyl groups is 1. The zero-order valence-corrected chi connectivity index (χ0v) is 18.0. The van der Waals surface area contributed by atoms with Gasteiger partial charge < -0.3 is 5.11 Å². The second kappa shape index (κ2) is 13.2. The molecule has 1 saturated carbocycles. The number of hydrogen-bond donors (Lipinski definition) is 1. The fourth-order valence-corrected chi connectivity index (χ4v) is 4.68. The number of unbranched alkanes of at least 4 members (excludes halogenated alkanes) is 11. The lowest BCUT2D eigenvalue weighted by Gasteiger charge is -2.42. The highest BCUT2D eigenvalue weighted by Gasteiger charge is 2.38. The van der Waals surface area contributed by atoms with Gasteiger partial charge >= 0.3 is 0 Å². The molecule has 0 amide bonds. The predicted octanol–water partition coefficient (Wildman–Crippen LogP) is 7.90. The Balaban J connectivity index is 1.99. The SMILES string of the molecule is CCCCCCCCCCCCCCC1CC(C(C)C)CCC1(C)O. The van der Waals surface area contributed by atoms with Gasteiger partial charge in [-0.1, -0.05) is 97.8 Å². The van der Waals surface area contributed by atoms with Gasteiger partial charge in [-0.15, -0.1) is 0 Å². The van der Waals surface area contributed by atoms with Crippen LogP contribution in [0, 0.1) is 17.8 Å². The normalized spacial score (nSPS) is 27.1. The summed E-state index contributed by atoms with van der Waals surface area (Å²) in [6.07, 6.45) is 21.7. The van der Waals surface area contributed by atoms with Crippen LogP contribution in [0.1, 0.15) is 130 Å². The van der Waals surface area contributed by atoms with Crippen molar-refractivity contribution in [2.45, 2.75) is 136 Å². The molecule has 0 radical (unpaired) electrons. The quantitative estimate of drug-likeness (QED) is 0.315. The molecule has 0 aromatic carbocycles. The molecular weight excluding hydrogens is 304 g/mol. The summed E-state index contributed by atoms with van der Waals surface area (Å²) in [6.45, 7) is 9.09. The van der Waals surface area contributed by atoms with E-state index in [1.165, 1.54) is 96.3 Å². The van der Waals surface area contributed by atoms with Gasteiger partial charge in [-0.3, -0.25) is 0 Å². The Morgan fingerprint density at radius 3 is 1.80 bits per heavy atom. The number of hydrogen-bond acceptors (Lipinski definition) is 1. The predicted molar refractivity (Wildman–Crippen MR) is 112 cm³/mol. The van der Waals surface area contributed by atoms with Crippen LogP contribution in [0.15, 0.2) is 0 Å². The summed E-state index contributed by atoms with van der Waals surface area (Å²) in [5.41, 5.74) is -0.400. The molecule has 0 heterocycles. The standard InChI is InChI=1S/C24H48O/c1-5-6-7-8-9-10-11-12-13-14-15-16-17-23-20-22(21(2)3)18-19-24(23,4)25/h21-23,25H,5-20H2,1-4H3. The van der Waals surface area contributed by atoms with Gasteiger partial charge in [0.2, 0.25) is 0 Å². The second-order valence-corrected chi connectivity index (χ2v) is 9.51. The van der Waals surface area contributed by atoms with E-state index in [-0.39, 0.29) is 0 Å². The van der Waals surface area contributed by atoms with Crippen molar-refractivity contribution >= 4 is 0 Å². The van der Waals surface area contributed by atoms with Gasteiger partial charge in [0.1, 0.15) is 0 Å². The average molecular weight is 353 g/mol. The van der Waals surface area contributed by atoms with Crippen LogP contribution in [-0.2, 0) is 0 Å². The highest BCUT2D eigenvalue weighted by Crippen LogP contribution is 2.42. The molecule has 1 aliphatic carbocycles. The minimum Gasteiger partial charge on any atom is -0.390 e. The molecule has 3 atom stereocenters. The molecule has 0 aromatic rings. The molecule has 1 heteroatoms. The van der Waals surface area contributed by atoms with Gasteiger partial charge in [-0.05, 0) is 50.4 Å². The van der Waals surface area contributed by atoms with Gasteiger partial charge in [0, 0.05) is 0 Å². The van der Waals surface area contributed by atoms with Gasteiger partial charge in [0.15, 0.2) is 0 Å². The Morgan fingerprint density at radius 1 is 0.840 bits per heavy atom. The largest absolute Gasteiger partial charge is 0.390 e. The van der Waals surface area contributed by atoms with Crippen LogP contribution in [0.4, 0.5) is 0 Å². The molecule has 1 fully saturated rings. The summed E-state index contributed by atoms with van der Waals surface area (Å²) in [5, 5.41) is 10.7. The molecule has 0 aliphatic heterocycles. The minimum atomic E-state index is -0.400. The maximum atomic E-state index is 10.7. The van der Waals surface area contributed by atoms with Crippen LogP contribution in [0.2, 0.25) is 0 Å². The first-order valence-corrected chi connectivity index (χ1v) is 11.7. The summed E-state index contributed by atoms with van der Waals surface area (Å²) in [6, 6.07) is 0. The molecule has 1 N–H and O–H groups in total. The maximum absolute atomic E-state index is 10.7. The van der Waals surface area contributed by atoms with Gasteiger partial charge in [-0.2, -0.15) is 0 Å². The maximum Gasteiger partial charge on any atom is 0.0648 e. The van der Waals surface area contributed by atoms with E-state index in [1.807, 2.05) is 0 Å². The summed E-state index contributed by atoms with van der Waals surface area (Å²) in [4.78, 5) is 0. The second-order valence-electron chi connectivity index (χ2n) is 9.51. The van der Waals surface area contributed by atoms with E-state index in [0.29, 0.717) is 5.92 Å². The molecule has 0 spiro atoms. The van der Waals surface area contributed by atoms with E-state index in [4.69, 9.17) is 0 Å². The monoisotopic (exact) mass is 352 g/mol. The lowest BCUT2D eigenvalue weighted by molar-refractivity contribution is -0.0561. The Morgan fingerprint density at radius 2 is 1.32 bits per heavy atom. The van der Waals surface area contributed by atoms with Crippen molar-refractivity contribution in [2.75, 3.05) is 0 Å². The molecule has 3 unspecified atom stereocenters. The zero-order chi connectivity index (χ0) is 18.5. The fraction of sp³-hybridized carbons (Fsp3) is 1.00. The Labute approximate surface area is 159 Å². The summed E-state index contributed by atoms with van der Waals surface area (Å²) in [5.74, 6) is 2.15. The third-order valence-corrected chi connectivity index (χ3v) is 6.84. The number of rotatable bonds is 14. The summed E-state index contributed by atoms with van der Waals surface area (Å²) < 4.78 is 0. The van der Waals surface area contributed by atoms with Crippen molar-refractivity contribution in [3.63, 3.8) is 0 Å². The van der Waals surface area contributed by atoms with Crippen molar-refractivity contribution in [3.05, 3.63) is 0 Å². The molecular formula is C24H48O. The first kappa shape index (κ1) is 23.0. The molecule has 0 aromatic heterocycles. The molecule has 150 valence electrons. The van der Waals surface area contributed by atoms with Crippen molar-refractivity contribution in [2.24, 2.45) is 17.8 Å². The molecule has 1 rings (SSSR count). The van der Waals surface area contributed by atoms with Gasteiger partial charge in [-0.25, -0.2) is 0 Å². The van der Waals surface area contributed by atoms with E-state index >= 15 is 0 Å². The van der Waals surface area contributed by atoms with Gasteiger partial charge in [0.25, 0.3) is 0 Å². The van der Waals surface area contributed by atoms with Crippen molar-refractivity contribution in [1.82, 2.24) is 0 Å². The molecule has 0 bridgehead atoms. The van der Waals surface area contributed by atoms with Crippen molar-refractivity contribution in [1.29, 1.82) is 0 Å². The van der Waals surface area contributed by atoms with E-state index in [9.17, 15) is 5.11 Å². The highest BCUT2D eigenvalue weighted by molar-refractivity contribution is 4.90. The van der Waals surface area contributed by atoms with Crippen LogP contribution >= 0.6 is 0 Å². The third-order valence-electron chi connectivity index (χ3n) is 6.84. The molecule has 0 saturated heterocycles. The van der Waals surface area contributed by atoms with Crippen LogP contribution in [0.3, 0.4) is 0 Å². The Bertz CT molecular complexity index is 307. The molecule has 1 nitrogen and oxygen atoms in total. The zero-order valence-electron chi connectivity index (χ0n) is 18.0. The third kappa shape index (κ3) is 10.0. The van der Waals surface area contributed by atoms with Crippen molar-refractivity contribution in [3.8, 4) is 0 Å². The lowest BCUT2D eigenvalue weighted by Crippen LogP contribution is -2.41. The topological polar surface area (TPSA) is 20.2 Å².